The highest BCUT2D eigenvalue weighted by Crippen LogP contribution is 2.47. The van der Waals surface area contributed by atoms with Gasteiger partial charge in [-0.2, -0.15) is 0 Å². The van der Waals surface area contributed by atoms with Crippen molar-refractivity contribution in [3.05, 3.63) is 70.3 Å². The van der Waals surface area contributed by atoms with Crippen molar-refractivity contribution in [2.45, 2.75) is 12.5 Å². The van der Waals surface area contributed by atoms with Gasteiger partial charge in [0.25, 0.3) is 5.56 Å². The van der Waals surface area contributed by atoms with Crippen molar-refractivity contribution >= 4 is 56.6 Å². The lowest BCUT2D eigenvalue weighted by molar-refractivity contribution is -0.124. The third-order valence-corrected chi connectivity index (χ3v) is 9.51. The van der Waals surface area contributed by atoms with E-state index in [0.29, 0.717) is 40.2 Å². The van der Waals surface area contributed by atoms with Crippen LogP contribution in [-0.4, -0.2) is 95.0 Å². The van der Waals surface area contributed by atoms with Gasteiger partial charge in [0, 0.05) is 67.8 Å². The zero-order valence-electron chi connectivity index (χ0n) is 26.1. The molecule has 1 unspecified atom stereocenters. The molecule has 2 amide bonds. The Morgan fingerprint density at radius 1 is 1.17 bits per heavy atom. The molecule has 0 bridgehead atoms. The molecule has 5 N–H and O–H groups in total. The highest BCUT2D eigenvalue weighted by Gasteiger charge is 2.42. The maximum atomic E-state index is 16.1. The fourth-order valence-electron chi connectivity index (χ4n) is 7.16. The minimum Gasteiger partial charge on any atom is -0.477 e. The summed E-state index contributed by atoms with van der Waals surface area (Å²) in [5.74, 6) is -4.46. The largest absolute Gasteiger partial charge is 0.477 e. The number of aromatic carboxylic acids is 1. The van der Waals surface area contributed by atoms with Crippen LogP contribution in [0.2, 0.25) is 0 Å². The lowest BCUT2D eigenvalue weighted by Gasteiger charge is -2.29. The average Bonchev–Trinajstić information content (AvgIpc) is 3.76. The molecular weight excluding hydrogens is 626 g/mol. The minimum absolute atomic E-state index is 0.0414. The van der Waals surface area contributed by atoms with E-state index >= 15 is 8.78 Å². The number of amides is 2. The second-order valence-corrected chi connectivity index (χ2v) is 12.3. The van der Waals surface area contributed by atoms with Crippen molar-refractivity contribution in [3.63, 3.8) is 0 Å². The number of aromatic nitrogens is 3. The number of aromatic amines is 1. The number of fused-ring (bicyclic) bond motifs is 5. The topological polar surface area (TPSA) is 169 Å². The highest BCUT2D eigenvalue weighted by atomic mass is 19.2. The molecule has 2 saturated heterocycles. The summed E-state index contributed by atoms with van der Waals surface area (Å²) in [6.45, 7) is 1.52. The summed E-state index contributed by atoms with van der Waals surface area (Å²) in [6.07, 6.45) is 4.00. The number of rotatable bonds is 7. The number of benzene rings is 1. The molecule has 13 nitrogen and oxygen atoms in total. The number of carboxylic acids is 1. The number of nitrogens with zero attached hydrogens (tertiary/aromatic N) is 5. The number of likely N-dealkylation sites (tertiary alicyclic amines) is 1. The Bertz CT molecular complexity index is 2230. The Labute approximate surface area is 271 Å². The van der Waals surface area contributed by atoms with Gasteiger partial charge in [-0.25, -0.2) is 18.6 Å². The highest BCUT2D eigenvalue weighted by molar-refractivity contribution is 6.19. The second kappa shape index (κ2) is 11.7. The molecule has 0 radical (unpaired) electrons. The van der Waals surface area contributed by atoms with Crippen LogP contribution in [0.1, 0.15) is 16.8 Å². The van der Waals surface area contributed by atoms with Gasteiger partial charge in [0.15, 0.2) is 11.6 Å². The average molecular weight is 659 g/mol. The number of hydrogen-bond acceptors (Lipinski definition) is 8. The number of carboxylic acid groups (broad SMARTS) is 1. The van der Waals surface area contributed by atoms with Gasteiger partial charge < -0.3 is 35.8 Å². The predicted octanol–water partition coefficient (Wildman–Crippen LogP) is 2.15. The fraction of sp³-hybridized carbons (Fsp3) is 0.303. The van der Waals surface area contributed by atoms with Gasteiger partial charge in [0.1, 0.15) is 11.2 Å². The molecule has 15 heteroatoms. The molecule has 2 aliphatic heterocycles. The number of nitrogens with one attached hydrogen (secondary N) is 2. The number of anilines is 2. The summed E-state index contributed by atoms with van der Waals surface area (Å²) in [6, 6.07) is 7.23. The van der Waals surface area contributed by atoms with Crippen molar-refractivity contribution in [1.82, 2.24) is 24.6 Å². The minimum atomic E-state index is -1.35. The number of pyridine rings is 3. The van der Waals surface area contributed by atoms with E-state index in [9.17, 15) is 24.3 Å². The molecule has 48 heavy (non-hydrogen) atoms. The zero-order valence-corrected chi connectivity index (χ0v) is 26.1. The van der Waals surface area contributed by atoms with Gasteiger partial charge in [-0.3, -0.25) is 18.8 Å². The Hall–Kier alpha value is -5.41. The Kier molecular flexibility index (Phi) is 7.59. The lowest BCUT2D eigenvalue weighted by Crippen LogP contribution is -2.40. The summed E-state index contributed by atoms with van der Waals surface area (Å²) >= 11 is 0. The predicted molar refractivity (Wildman–Crippen MR) is 175 cm³/mol. The number of halogens is 2. The molecule has 2 atom stereocenters. The van der Waals surface area contributed by atoms with E-state index in [0.717, 1.165) is 30.5 Å². The quantitative estimate of drug-likeness (QED) is 0.205. The summed E-state index contributed by atoms with van der Waals surface area (Å²) in [5.41, 5.74) is 6.76. The zero-order chi connectivity index (χ0) is 34.0. The first-order valence-corrected chi connectivity index (χ1v) is 15.4. The Morgan fingerprint density at radius 3 is 2.69 bits per heavy atom. The second-order valence-electron chi connectivity index (χ2n) is 12.3. The third kappa shape index (κ3) is 4.93. The van der Waals surface area contributed by atoms with Crippen molar-refractivity contribution in [2.24, 2.45) is 11.7 Å². The lowest BCUT2D eigenvalue weighted by atomic mass is 10.00. The number of H-pyrrole nitrogens is 1. The van der Waals surface area contributed by atoms with Crippen LogP contribution in [0.3, 0.4) is 0 Å². The molecule has 7 rings (SSSR count). The van der Waals surface area contributed by atoms with Crippen LogP contribution >= 0.6 is 0 Å². The van der Waals surface area contributed by atoms with Gasteiger partial charge in [-0.1, -0.05) is 6.07 Å². The number of carbonyl (C=O) groups excluding carboxylic acids is 2. The van der Waals surface area contributed by atoms with Gasteiger partial charge in [-0.15, -0.1) is 0 Å². The first-order valence-electron chi connectivity index (χ1n) is 15.4. The molecule has 2 aliphatic rings. The monoisotopic (exact) mass is 658 g/mol. The van der Waals surface area contributed by atoms with Gasteiger partial charge in [-0.05, 0) is 37.6 Å². The molecule has 0 aliphatic carbocycles. The van der Waals surface area contributed by atoms with Crippen LogP contribution in [0.5, 0.6) is 0 Å². The van der Waals surface area contributed by atoms with Crippen molar-refractivity contribution in [3.8, 4) is 11.1 Å². The van der Waals surface area contributed by atoms with E-state index in [1.807, 2.05) is 7.05 Å². The molecule has 0 spiro atoms. The van der Waals surface area contributed by atoms with Crippen LogP contribution in [0.4, 0.5) is 20.2 Å². The molecule has 4 aromatic heterocycles. The number of hydrogen-bond donors (Lipinski definition) is 4. The van der Waals surface area contributed by atoms with Crippen LogP contribution in [-0.2, 0) is 9.59 Å². The number of likely N-dealkylation sites (N-methyl/N-ethyl adjacent to an activating group) is 2. The molecule has 0 saturated carbocycles. The fourth-order valence-corrected chi connectivity index (χ4v) is 7.16. The number of nitrogens with two attached hydrogens (primary N) is 1. The smallest absolute Gasteiger partial charge is 0.341 e. The van der Waals surface area contributed by atoms with E-state index in [-0.39, 0.29) is 34.8 Å². The first-order chi connectivity index (χ1) is 23.0. The first kappa shape index (κ1) is 31.2. The van der Waals surface area contributed by atoms with E-state index in [4.69, 9.17) is 5.73 Å². The maximum absolute atomic E-state index is 16.1. The van der Waals surface area contributed by atoms with Crippen LogP contribution in [0.25, 0.3) is 38.6 Å². The van der Waals surface area contributed by atoms with Gasteiger partial charge in [0.05, 0.1) is 40.8 Å². The van der Waals surface area contributed by atoms with Crippen LogP contribution in [0.15, 0.2) is 47.5 Å². The molecule has 6 heterocycles. The van der Waals surface area contributed by atoms with Gasteiger partial charge >= 0.3 is 5.97 Å². The van der Waals surface area contributed by atoms with E-state index in [1.54, 1.807) is 18.3 Å². The number of carbonyl (C=O) groups is 3. The Morgan fingerprint density at radius 2 is 1.94 bits per heavy atom. The molecule has 248 valence electrons. The van der Waals surface area contributed by atoms with E-state index in [1.165, 1.54) is 29.8 Å². The van der Waals surface area contributed by atoms with Crippen LogP contribution < -0.4 is 26.4 Å². The third-order valence-electron chi connectivity index (χ3n) is 9.51. The van der Waals surface area contributed by atoms with Crippen molar-refractivity contribution < 1.29 is 28.3 Å². The molecular formula is C33H32F2N8O5. The summed E-state index contributed by atoms with van der Waals surface area (Å²) in [5, 5.41) is 12.2. The maximum Gasteiger partial charge on any atom is 0.341 e. The molecule has 2 fully saturated rings. The summed E-state index contributed by atoms with van der Waals surface area (Å²) in [7, 11) is 3.43. The van der Waals surface area contributed by atoms with Crippen LogP contribution in [0, 0.1) is 17.6 Å². The Balaban J connectivity index is 1.48. The SMILES string of the molecule is CN1CC2CCN(c3c(-c4ccc5ccc(C(=O)O)c(=O)n5c4)cnc4[nH]c5c(N(C)C(=O)CNC(=O)CN)cc(F)c(F)c5c34)[C@@H]2C1. The molecule has 5 aromatic rings. The standard InChI is InChI=1S/C33H32F2N8O5/c1-40-13-17-7-8-42(23(17)15-40)30-20(16-3-4-18-5-6-19(33(47)48)32(46)43(18)14-16)11-38-31-27(30)26-28(35)21(34)9-22(29(26)39-31)41(2)25(45)12-37-24(44)10-36/h3-6,9,11,14,17,23H,7-8,10,12-13,15,36H2,1-2H3,(H,37,44)(H,38,39)(H,47,48)/t17?,23-/m1/s1. The van der Waals surface area contributed by atoms with Crippen molar-refractivity contribution in [1.29, 1.82) is 0 Å². The summed E-state index contributed by atoms with van der Waals surface area (Å²) in [4.78, 5) is 62.9. The summed E-state index contributed by atoms with van der Waals surface area (Å²) < 4.78 is 32.8. The van der Waals surface area contributed by atoms with Gasteiger partial charge in [0.2, 0.25) is 11.8 Å². The van der Waals surface area contributed by atoms with Crippen molar-refractivity contribution in [2.75, 3.05) is 56.6 Å². The normalized spacial score (nSPS) is 17.8. The van der Waals surface area contributed by atoms with E-state index < -0.39 is 47.1 Å². The molecule has 1 aromatic carbocycles. The van der Waals surface area contributed by atoms with E-state index in [2.05, 4.69) is 25.1 Å².